The number of ether oxygens (including phenoxy) is 2. The lowest BCUT2D eigenvalue weighted by Crippen LogP contribution is -2.56. The van der Waals surface area contributed by atoms with Crippen LogP contribution in [-0.2, 0) is 9.47 Å². The minimum absolute atomic E-state index is 0.0822. The molecule has 0 aromatic carbocycles. The van der Waals surface area contributed by atoms with Gasteiger partial charge < -0.3 is 9.47 Å². The second-order valence-electron chi connectivity index (χ2n) is 3.59. The molecule has 4 atom stereocenters. The summed E-state index contributed by atoms with van der Waals surface area (Å²) in [7, 11) is 3.80. The van der Waals surface area contributed by atoms with Gasteiger partial charge in [-0.1, -0.05) is 0 Å². The summed E-state index contributed by atoms with van der Waals surface area (Å²) in [5, 5.41) is 0. The van der Waals surface area contributed by atoms with E-state index in [0.29, 0.717) is 12.1 Å². The largest absolute Gasteiger partial charge is 0.354 e. The van der Waals surface area contributed by atoms with Crippen LogP contribution in [0.1, 0.15) is 20.8 Å². The number of nitrogens with zero attached hydrogens (tertiary/aromatic N) is 1. The molecule has 0 aliphatic carbocycles. The van der Waals surface area contributed by atoms with Crippen molar-refractivity contribution in [2.75, 3.05) is 14.2 Å². The first-order chi connectivity index (χ1) is 5.57. The highest BCUT2D eigenvalue weighted by Gasteiger charge is 2.34. The second kappa shape index (κ2) is 3.73. The fourth-order valence-electron chi connectivity index (χ4n) is 1.59. The molecule has 0 aromatic heterocycles. The van der Waals surface area contributed by atoms with Crippen LogP contribution in [0.15, 0.2) is 0 Å². The van der Waals surface area contributed by atoms with Crippen LogP contribution in [0, 0.1) is 0 Å². The standard InChI is InChI=1S/C9H19NO2/c1-6-8(3)12-9(11-5)7(2)10(6)4/h6-9H,1-5H3. The van der Waals surface area contributed by atoms with Crippen molar-refractivity contribution in [2.24, 2.45) is 0 Å². The van der Waals surface area contributed by atoms with E-state index < -0.39 is 0 Å². The lowest BCUT2D eigenvalue weighted by atomic mass is 10.1. The Morgan fingerprint density at radius 3 is 2.25 bits per heavy atom. The monoisotopic (exact) mass is 173 g/mol. The van der Waals surface area contributed by atoms with Gasteiger partial charge in [-0.05, 0) is 27.8 Å². The fraction of sp³-hybridized carbons (Fsp3) is 1.00. The summed E-state index contributed by atoms with van der Waals surface area (Å²) in [5.41, 5.74) is 0. The molecule has 0 spiro atoms. The van der Waals surface area contributed by atoms with Gasteiger partial charge in [-0.15, -0.1) is 0 Å². The van der Waals surface area contributed by atoms with Crippen molar-refractivity contribution in [3.63, 3.8) is 0 Å². The van der Waals surface area contributed by atoms with Crippen molar-refractivity contribution >= 4 is 0 Å². The molecule has 0 aromatic rings. The van der Waals surface area contributed by atoms with Crippen LogP contribution in [-0.4, -0.2) is 43.5 Å². The molecule has 1 aliphatic heterocycles. The summed E-state index contributed by atoms with van der Waals surface area (Å²) in [6.07, 6.45) is 0.164. The van der Waals surface area contributed by atoms with Crippen molar-refractivity contribution in [1.82, 2.24) is 4.90 Å². The van der Waals surface area contributed by atoms with Gasteiger partial charge in [-0.3, -0.25) is 4.90 Å². The van der Waals surface area contributed by atoms with E-state index in [9.17, 15) is 0 Å². The minimum atomic E-state index is -0.0822. The molecule has 3 heteroatoms. The third-order valence-electron chi connectivity index (χ3n) is 2.94. The van der Waals surface area contributed by atoms with E-state index >= 15 is 0 Å². The highest BCUT2D eigenvalue weighted by atomic mass is 16.7. The Hall–Kier alpha value is -0.120. The van der Waals surface area contributed by atoms with Gasteiger partial charge in [0.1, 0.15) is 0 Å². The summed E-state index contributed by atoms with van der Waals surface area (Å²) in [6.45, 7) is 6.38. The molecule has 0 radical (unpaired) electrons. The molecule has 12 heavy (non-hydrogen) atoms. The molecule has 3 nitrogen and oxygen atoms in total. The Kier molecular flexibility index (Phi) is 3.09. The summed E-state index contributed by atoms with van der Waals surface area (Å²) in [4.78, 5) is 2.29. The molecular formula is C9H19NO2. The molecule has 0 bridgehead atoms. The van der Waals surface area contributed by atoms with E-state index in [-0.39, 0.29) is 12.4 Å². The van der Waals surface area contributed by atoms with Gasteiger partial charge in [-0.25, -0.2) is 0 Å². The second-order valence-corrected chi connectivity index (χ2v) is 3.59. The molecule has 4 unspecified atom stereocenters. The third kappa shape index (κ3) is 1.63. The number of rotatable bonds is 1. The summed E-state index contributed by atoms with van der Waals surface area (Å²) >= 11 is 0. The first-order valence-electron chi connectivity index (χ1n) is 4.48. The average Bonchev–Trinajstić information content (AvgIpc) is 2.08. The number of morpholine rings is 1. The molecule has 1 saturated heterocycles. The SMILES string of the molecule is COC1OC(C)C(C)N(C)C1C. The van der Waals surface area contributed by atoms with Crippen molar-refractivity contribution in [3.05, 3.63) is 0 Å². The fourth-order valence-corrected chi connectivity index (χ4v) is 1.59. The first kappa shape index (κ1) is 9.96. The molecule has 1 heterocycles. The van der Waals surface area contributed by atoms with Gasteiger partial charge >= 0.3 is 0 Å². The van der Waals surface area contributed by atoms with Gasteiger partial charge in [0.2, 0.25) is 0 Å². The molecular weight excluding hydrogens is 154 g/mol. The van der Waals surface area contributed by atoms with Crippen molar-refractivity contribution < 1.29 is 9.47 Å². The Labute approximate surface area is 74.6 Å². The van der Waals surface area contributed by atoms with Crippen LogP contribution in [0.5, 0.6) is 0 Å². The first-order valence-corrected chi connectivity index (χ1v) is 4.48. The normalized spacial score (nSPS) is 44.8. The lowest BCUT2D eigenvalue weighted by Gasteiger charge is -2.44. The van der Waals surface area contributed by atoms with Gasteiger partial charge in [0.05, 0.1) is 12.1 Å². The molecule has 1 aliphatic rings. The predicted molar refractivity (Wildman–Crippen MR) is 48.0 cm³/mol. The summed E-state index contributed by atoms with van der Waals surface area (Å²) < 4.78 is 10.9. The van der Waals surface area contributed by atoms with E-state index in [1.54, 1.807) is 7.11 Å². The zero-order chi connectivity index (χ0) is 9.30. The molecule has 1 rings (SSSR count). The van der Waals surface area contributed by atoms with Crippen LogP contribution in [0.3, 0.4) is 0 Å². The number of methoxy groups -OCH3 is 1. The quantitative estimate of drug-likeness (QED) is 0.592. The summed E-state index contributed by atoms with van der Waals surface area (Å²) in [6, 6.07) is 0.799. The molecule has 0 N–H and O–H groups in total. The van der Waals surface area contributed by atoms with Gasteiger partial charge in [0, 0.05) is 13.2 Å². The number of likely N-dealkylation sites (N-methyl/N-ethyl adjacent to an activating group) is 1. The van der Waals surface area contributed by atoms with Crippen LogP contribution in [0.25, 0.3) is 0 Å². The lowest BCUT2D eigenvalue weighted by molar-refractivity contribution is -0.230. The van der Waals surface area contributed by atoms with E-state index in [1.165, 1.54) is 0 Å². The Bertz CT molecular complexity index is 147. The molecule has 0 amide bonds. The molecule has 72 valence electrons. The number of hydrogen-bond donors (Lipinski definition) is 0. The van der Waals surface area contributed by atoms with E-state index in [4.69, 9.17) is 9.47 Å². The van der Waals surface area contributed by atoms with Gasteiger partial charge in [0.25, 0.3) is 0 Å². The van der Waals surface area contributed by atoms with Gasteiger partial charge in [0.15, 0.2) is 6.29 Å². The van der Waals surface area contributed by atoms with Gasteiger partial charge in [-0.2, -0.15) is 0 Å². The zero-order valence-corrected chi connectivity index (χ0v) is 8.57. The Balaban J connectivity index is 2.63. The van der Waals surface area contributed by atoms with Crippen molar-refractivity contribution in [2.45, 2.75) is 45.2 Å². The van der Waals surface area contributed by atoms with E-state index in [1.807, 2.05) is 0 Å². The van der Waals surface area contributed by atoms with E-state index in [0.717, 1.165) is 0 Å². The van der Waals surface area contributed by atoms with Crippen LogP contribution >= 0.6 is 0 Å². The van der Waals surface area contributed by atoms with Crippen molar-refractivity contribution in [3.8, 4) is 0 Å². The van der Waals surface area contributed by atoms with E-state index in [2.05, 4.69) is 32.7 Å². The maximum absolute atomic E-state index is 5.67. The number of hydrogen-bond acceptors (Lipinski definition) is 3. The highest BCUT2D eigenvalue weighted by molar-refractivity contribution is 4.82. The zero-order valence-electron chi connectivity index (χ0n) is 8.57. The van der Waals surface area contributed by atoms with Crippen LogP contribution in [0.4, 0.5) is 0 Å². The predicted octanol–water partition coefficient (Wildman–Crippen LogP) is 1.09. The van der Waals surface area contributed by atoms with Crippen LogP contribution in [0.2, 0.25) is 0 Å². The Morgan fingerprint density at radius 1 is 1.17 bits per heavy atom. The highest BCUT2D eigenvalue weighted by Crippen LogP contribution is 2.21. The molecule has 1 fully saturated rings. The Morgan fingerprint density at radius 2 is 1.75 bits per heavy atom. The summed E-state index contributed by atoms with van der Waals surface area (Å²) in [5.74, 6) is 0. The minimum Gasteiger partial charge on any atom is -0.354 e. The average molecular weight is 173 g/mol. The topological polar surface area (TPSA) is 21.7 Å². The maximum atomic E-state index is 5.67. The van der Waals surface area contributed by atoms with Crippen molar-refractivity contribution in [1.29, 1.82) is 0 Å². The molecule has 0 saturated carbocycles. The third-order valence-corrected chi connectivity index (χ3v) is 2.94. The van der Waals surface area contributed by atoms with Crippen LogP contribution < -0.4 is 0 Å². The maximum Gasteiger partial charge on any atom is 0.172 e. The smallest absolute Gasteiger partial charge is 0.172 e.